The van der Waals surface area contributed by atoms with Crippen LogP contribution in [0.3, 0.4) is 0 Å². The van der Waals surface area contributed by atoms with Gasteiger partial charge in [0.15, 0.2) is 0 Å². The van der Waals surface area contributed by atoms with Crippen molar-refractivity contribution in [2.45, 2.75) is 18.8 Å². The van der Waals surface area contributed by atoms with Crippen LogP contribution in [0.1, 0.15) is 34.8 Å². The molecule has 1 unspecified atom stereocenters. The van der Waals surface area contributed by atoms with Gasteiger partial charge in [-0.15, -0.1) is 0 Å². The average Bonchev–Trinajstić information content (AvgIpc) is 2.94. The molecule has 104 valence electrons. The largest absolute Gasteiger partial charge is 0.338 e. The molecule has 3 rings (SSSR count). The highest BCUT2D eigenvalue weighted by Crippen LogP contribution is 2.26. The summed E-state index contributed by atoms with van der Waals surface area (Å²) >= 11 is 0. The lowest BCUT2D eigenvalue weighted by Crippen LogP contribution is -2.39. The monoisotopic (exact) mass is 270 g/mol. The van der Waals surface area contributed by atoms with Gasteiger partial charge in [-0.1, -0.05) is 6.07 Å². The minimum absolute atomic E-state index is 0.0683. The molecule has 5 heteroatoms. The molecule has 0 aromatic carbocycles. The number of nitrogens with zero attached hydrogens (tertiary/aromatic N) is 4. The number of pyridine rings is 1. The van der Waals surface area contributed by atoms with Crippen molar-refractivity contribution in [1.82, 2.24) is 19.7 Å². The predicted octanol–water partition coefficient (Wildman–Crippen LogP) is 1.83. The lowest BCUT2D eigenvalue weighted by Gasteiger charge is -2.32. The van der Waals surface area contributed by atoms with E-state index < -0.39 is 0 Å². The summed E-state index contributed by atoms with van der Waals surface area (Å²) in [6.45, 7) is 1.56. The Morgan fingerprint density at radius 2 is 2.30 bits per heavy atom. The molecule has 0 bridgehead atoms. The molecule has 5 nitrogen and oxygen atoms in total. The molecule has 1 aliphatic heterocycles. The zero-order chi connectivity index (χ0) is 13.9. The number of aromatic nitrogens is 3. The first-order valence-electron chi connectivity index (χ1n) is 6.93. The molecule has 1 fully saturated rings. The molecule has 0 saturated carbocycles. The normalized spacial score (nSPS) is 19.1. The van der Waals surface area contributed by atoms with Gasteiger partial charge in [0.05, 0.1) is 11.8 Å². The lowest BCUT2D eigenvalue weighted by molar-refractivity contribution is 0.0706. The van der Waals surface area contributed by atoms with Crippen molar-refractivity contribution >= 4 is 5.91 Å². The maximum absolute atomic E-state index is 12.4. The van der Waals surface area contributed by atoms with Crippen LogP contribution < -0.4 is 0 Å². The second-order valence-corrected chi connectivity index (χ2v) is 5.25. The fraction of sp³-hybridized carbons (Fsp3) is 0.400. The standard InChI is InChI=1S/C15H18N4O/c1-18-10-13(9-17-18)15(20)19-8-4-5-12(11-19)14-6-2-3-7-16-14/h2-3,6-7,9-10,12H,4-5,8,11H2,1H3. The molecule has 20 heavy (non-hydrogen) atoms. The molecule has 0 aliphatic carbocycles. The van der Waals surface area contributed by atoms with Crippen molar-refractivity contribution in [3.63, 3.8) is 0 Å². The Kier molecular flexibility index (Phi) is 3.50. The molecule has 1 aliphatic rings. The van der Waals surface area contributed by atoms with Crippen molar-refractivity contribution in [2.24, 2.45) is 7.05 Å². The SMILES string of the molecule is Cn1cc(C(=O)N2CCCC(c3ccccn3)C2)cn1. The summed E-state index contributed by atoms with van der Waals surface area (Å²) in [5.41, 5.74) is 1.74. The van der Waals surface area contributed by atoms with Gasteiger partial charge in [-0.2, -0.15) is 5.10 Å². The molecule has 2 aromatic rings. The zero-order valence-electron chi connectivity index (χ0n) is 11.6. The van der Waals surface area contributed by atoms with Crippen LogP contribution in [0.5, 0.6) is 0 Å². The minimum Gasteiger partial charge on any atom is -0.338 e. The molecule has 1 atom stereocenters. The van der Waals surface area contributed by atoms with E-state index in [4.69, 9.17) is 0 Å². The van der Waals surface area contributed by atoms with E-state index in [9.17, 15) is 4.79 Å². The summed E-state index contributed by atoms with van der Waals surface area (Å²) in [5.74, 6) is 0.407. The van der Waals surface area contributed by atoms with Gasteiger partial charge >= 0.3 is 0 Å². The van der Waals surface area contributed by atoms with Crippen LogP contribution in [0.4, 0.5) is 0 Å². The molecule has 3 heterocycles. The van der Waals surface area contributed by atoms with E-state index in [-0.39, 0.29) is 5.91 Å². The smallest absolute Gasteiger partial charge is 0.257 e. The lowest BCUT2D eigenvalue weighted by atomic mass is 9.94. The summed E-state index contributed by atoms with van der Waals surface area (Å²) in [6.07, 6.45) is 7.33. The Morgan fingerprint density at radius 1 is 1.40 bits per heavy atom. The van der Waals surface area contributed by atoms with Crippen molar-refractivity contribution < 1.29 is 4.79 Å². The van der Waals surface area contributed by atoms with Crippen LogP contribution in [0.2, 0.25) is 0 Å². The Balaban J connectivity index is 1.74. The topological polar surface area (TPSA) is 51.0 Å². The maximum atomic E-state index is 12.4. The first kappa shape index (κ1) is 12.8. The molecule has 1 amide bonds. The van der Waals surface area contributed by atoms with Crippen molar-refractivity contribution in [2.75, 3.05) is 13.1 Å². The Hall–Kier alpha value is -2.17. The van der Waals surface area contributed by atoms with E-state index in [1.807, 2.05) is 36.3 Å². The third-order valence-corrected chi connectivity index (χ3v) is 3.77. The number of hydrogen-bond acceptors (Lipinski definition) is 3. The van der Waals surface area contributed by atoms with Gasteiger partial charge in [-0.25, -0.2) is 0 Å². The number of aryl methyl sites for hydroxylation is 1. The molecule has 0 spiro atoms. The van der Waals surface area contributed by atoms with E-state index in [1.165, 1.54) is 0 Å². The predicted molar refractivity (Wildman–Crippen MR) is 75.3 cm³/mol. The third kappa shape index (κ3) is 2.57. The number of rotatable bonds is 2. The molecule has 0 N–H and O–H groups in total. The summed E-state index contributed by atoms with van der Waals surface area (Å²) < 4.78 is 1.66. The molecular formula is C15H18N4O. The number of carbonyl (C=O) groups is 1. The van der Waals surface area contributed by atoms with E-state index in [1.54, 1.807) is 17.1 Å². The number of amides is 1. The molecular weight excluding hydrogens is 252 g/mol. The highest BCUT2D eigenvalue weighted by molar-refractivity contribution is 5.93. The fourth-order valence-electron chi connectivity index (χ4n) is 2.73. The second-order valence-electron chi connectivity index (χ2n) is 5.25. The maximum Gasteiger partial charge on any atom is 0.257 e. The van der Waals surface area contributed by atoms with E-state index in [0.717, 1.165) is 31.6 Å². The average molecular weight is 270 g/mol. The number of hydrogen-bond donors (Lipinski definition) is 0. The Bertz CT molecular complexity index is 593. The minimum atomic E-state index is 0.0683. The van der Waals surface area contributed by atoms with Gasteiger partial charge in [0.1, 0.15) is 0 Å². The highest BCUT2D eigenvalue weighted by Gasteiger charge is 2.26. The van der Waals surface area contributed by atoms with Crippen LogP contribution in [0, 0.1) is 0 Å². The second kappa shape index (κ2) is 5.45. The Morgan fingerprint density at radius 3 is 3.00 bits per heavy atom. The number of likely N-dealkylation sites (tertiary alicyclic amines) is 1. The first-order valence-corrected chi connectivity index (χ1v) is 6.93. The highest BCUT2D eigenvalue weighted by atomic mass is 16.2. The number of piperidine rings is 1. The third-order valence-electron chi connectivity index (χ3n) is 3.77. The van der Waals surface area contributed by atoms with Gasteiger partial charge in [-0.05, 0) is 25.0 Å². The van der Waals surface area contributed by atoms with Crippen molar-refractivity contribution in [3.05, 3.63) is 48.0 Å². The Labute approximate surface area is 118 Å². The van der Waals surface area contributed by atoms with Crippen LogP contribution in [0.25, 0.3) is 0 Å². The summed E-state index contributed by atoms with van der Waals surface area (Å²) in [6, 6.07) is 5.97. The van der Waals surface area contributed by atoms with Gasteiger partial charge in [0, 0.05) is 44.1 Å². The van der Waals surface area contributed by atoms with Gasteiger partial charge in [0.2, 0.25) is 0 Å². The zero-order valence-corrected chi connectivity index (χ0v) is 11.6. The van der Waals surface area contributed by atoms with Crippen molar-refractivity contribution in [1.29, 1.82) is 0 Å². The van der Waals surface area contributed by atoms with E-state index in [0.29, 0.717) is 11.5 Å². The summed E-state index contributed by atoms with van der Waals surface area (Å²) in [4.78, 5) is 18.8. The van der Waals surface area contributed by atoms with E-state index in [2.05, 4.69) is 10.1 Å². The first-order chi connectivity index (χ1) is 9.74. The van der Waals surface area contributed by atoms with Crippen LogP contribution in [0.15, 0.2) is 36.8 Å². The summed E-state index contributed by atoms with van der Waals surface area (Å²) in [5, 5.41) is 4.07. The molecule has 2 aromatic heterocycles. The fourth-order valence-corrected chi connectivity index (χ4v) is 2.73. The van der Waals surface area contributed by atoms with Gasteiger partial charge in [-0.3, -0.25) is 14.5 Å². The molecule has 1 saturated heterocycles. The summed E-state index contributed by atoms with van der Waals surface area (Å²) in [7, 11) is 1.82. The van der Waals surface area contributed by atoms with Crippen molar-refractivity contribution in [3.8, 4) is 0 Å². The van der Waals surface area contributed by atoms with Crippen LogP contribution >= 0.6 is 0 Å². The molecule has 0 radical (unpaired) electrons. The number of carbonyl (C=O) groups excluding carboxylic acids is 1. The quantitative estimate of drug-likeness (QED) is 0.836. The van der Waals surface area contributed by atoms with E-state index >= 15 is 0 Å². The van der Waals surface area contributed by atoms with Gasteiger partial charge in [0.25, 0.3) is 5.91 Å². The van der Waals surface area contributed by atoms with Crippen LogP contribution in [-0.2, 0) is 7.05 Å². The van der Waals surface area contributed by atoms with Crippen LogP contribution in [-0.4, -0.2) is 38.7 Å². The van der Waals surface area contributed by atoms with Gasteiger partial charge < -0.3 is 4.90 Å².